The Kier molecular flexibility index (Phi) is 5.14. The van der Waals surface area contributed by atoms with Crippen LogP contribution in [0.2, 0.25) is 0 Å². The average molecular weight is 356 g/mol. The number of imide groups is 1. The summed E-state index contributed by atoms with van der Waals surface area (Å²) in [5.41, 5.74) is 1.39. The monoisotopic (exact) mass is 356 g/mol. The zero-order chi connectivity index (χ0) is 17.8. The normalized spacial score (nSPS) is 13.2. The van der Waals surface area contributed by atoms with Gasteiger partial charge in [-0.15, -0.1) is 11.8 Å². The van der Waals surface area contributed by atoms with E-state index in [4.69, 9.17) is 5.84 Å². The van der Waals surface area contributed by atoms with Crippen molar-refractivity contribution in [1.29, 1.82) is 0 Å². The van der Waals surface area contributed by atoms with Crippen LogP contribution in [0.5, 0.6) is 0 Å². The molecule has 7 heteroatoms. The highest BCUT2D eigenvalue weighted by Gasteiger charge is 2.34. The Bertz CT molecular complexity index is 803. The van der Waals surface area contributed by atoms with Crippen molar-refractivity contribution in [2.24, 2.45) is 5.84 Å². The van der Waals surface area contributed by atoms with Crippen molar-refractivity contribution >= 4 is 29.3 Å². The molecule has 0 aliphatic carbocycles. The molecule has 2 amide bonds. The minimum atomic E-state index is -0.209. The molecule has 0 saturated carbocycles. The third-order valence-electron chi connectivity index (χ3n) is 4.00. The van der Waals surface area contributed by atoms with Gasteiger partial charge in [-0.1, -0.05) is 18.2 Å². The first-order valence-corrected chi connectivity index (χ1v) is 8.96. The summed E-state index contributed by atoms with van der Waals surface area (Å²) >= 11 is 1.61. The second-order valence-corrected chi connectivity index (χ2v) is 6.85. The number of nitroso groups, excluding NO2 is 1. The maximum Gasteiger partial charge on any atom is 0.292 e. The fraction of sp³-hybridized carbons (Fsp3) is 0.222. The number of nitrogens with two attached hydrogens (primary N) is 1. The Labute approximate surface area is 149 Å². The van der Waals surface area contributed by atoms with Gasteiger partial charge in [-0.05, 0) is 36.8 Å². The van der Waals surface area contributed by atoms with Gasteiger partial charge in [0.05, 0.1) is 16.0 Å². The molecule has 1 aliphatic rings. The molecular weight excluding hydrogens is 338 g/mol. The lowest BCUT2D eigenvalue weighted by Gasteiger charge is -2.13. The summed E-state index contributed by atoms with van der Waals surface area (Å²) in [6, 6.07) is 14.0. The Morgan fingerprint density at radius 1 is 0.960 bits per heavy atom. The lowest BCUT2D eigenvalue weighted by molar-refractivity contribution is -0.474. The number of rotatable bonds is 7. The van der Waals surface area contributed by atoms with E-state index in [9.17, 15) is 14.5 Å². The number of hydrazine groups is 1. The summed E-state index contributed by atoms with van der Waals surface area (Å²) in [4.78, 5) is 38.2. The molecule has 0 unspecified atom stereocenters. The van der Waals surface area contributed by atoms with Gasteiger partial charge < -0.3 is 0 Å². The standard InChI is InChI=1S/C18H18N3O3S/c19-21(24)13-6-5-7-14(12-13)25-11-4-3-10-20-17(22)15-8-1-2-9-16(15)18(20)23/h1-2,5-9,12H,3-4,10-11H2,(H2,19,24)/q+1. The van der Waals surface area contributed by atoms with E-state index >= 15 is 0 Å². The predicted molar refractivity (Wildman–Crippen MR) is 95.7 cm³/mol. The van der Waals surface area contributed by atoms with Crippen molar-refractivity contribution < 1.29 is 14.5 Å². The number of nitrogens with zero attached hydrogens (tertiary/aromatic N) is 2. The van der Waals surface area contributed by atoms with E-state index < -0.39 is 0 Å². The van der Waals surface area contributed by atoms with Crippen LogP contribution >= 0.6 is 11.8 Å². The van der Waals surface area contributed by atoms with Crippen LogP contribution < -0.4 is 5.84 Å². The molecule has 3 rings (SSSR count). The molecule has 2 N–H and O–H groups in total. The molecule has 0 aromatic heterocycles. The number of carbonyl (C=O) groups excluding carboxylic acids is 2. The van der Waals surface area contributed by atoms with Gasteiger partial charge in [0, 0.05) is 23.6 Å². The zero-order valence-electron chi connectivity index (χ0n) is 13.6. The maximum absolute atomic E-state index is 12.2. The lowest BCUT2D eigenvalue weighted by Crippen LogP contribution is -2.30. The van der Waals surface area contributed by atoms with Crippen LogP contribution in [0, 0.1) is 4.91 Å². The van der Waals surface area contributed by atoms with Crippen molar-refractivity contribution in [3.8, 4) is 0 Å². The quantitative estimate of drug-likeness (QED) is 0.206. The van der Waals surface area contributed by atoms with E-state index in [1.54, 1.807) is 54.2 Å². The minimum Gasteiger partial charge on any atom is -0.274 e. The molecule has 1 heterocycles. The molecule has 0 fully saturated rings. The van der Waals surface area contributed by atoms with E-state index in [1.807, 2.05) is 6.07 Å². The number of thioether (sulfide) groups is 1. The molecule has 0 radical (unpaired) electrons. The van der Waals surface area contributed by atoms with Crippen molar-refractivity contribution in [2.75, 3.05) is 12.3 Å². The fourth-order valence-corrected chi connectivity index (χ4v) is 3.68. The number of unbranched alkanes of at least 4 members (excludes halogenated alkanes) is 1. The maximum atomic E-state index is 12.2. The Morgan fingerprint density at radius 2 is 1.64 bits per heavy atom. The van der Waals surface area contributed by atoms with Crippen molar-refractivity contribution in [2.45, 2.75) is 17.7 Å². The third-order valence-corrected chi connectivity index (χ3v) is 5.08. The second kappa shape index (κ2) is 7.48. The fourth-order valence-electron chi connectivity index (χ4n) is 2.71. The zero-order valence-corrected chi connectivity index (χ0v) is 14.4. The molecule has 6 nitrogen and oxygen atoms in total. The van der Waals surface area contributed by atoms with Gasteiger partial charge in [0.25, 0.3) is 17.5 Å². The van der Waals surface area contributed by atoms with Crippen LogP contribution in [0.15, 0.2) is 53.4 Å². The first-order valence-electron chi connectivity index (χ1n) is 7.98. The van der Waals surface area contributed by atoms with E-state index in [1.165, 1.54) is 4.90 Å². The van der Waals surface area contributed by atoms with Crippen LogP contribution in [0.1, 0.15) is 33.6 Å². The highest BCUT2D eigenvalue weighted by Crippen LogP contribution is 2.25. The van der Waals surface area contributed by atoms with Gasteiger partial charge in [-0.25, -0.2) is 0 Å². The molecule has 0 spiro atoms. The van der Waals surface area contributed by atoms with Gasteiger partial charge in [-0.2, -0.15) is 5.84 Å². The molecule has 2 aromatic carbocycles. The largest absolute Gasteiger partial charge is 0.292 e. The van der Waals surface area contributed by atoms with E-state index in [2.05, 4.69) is 0 Å². The number of carbonyl (C=O) groups is 2. The highest BCUT2D eigenvalue weighted by atomic mass is 32.2. The molecule has 0 bridgehead atoms. The SMILES string of the molecule is N[N+](=O)c1cccc(SCCCCN2C(=O)c3ccccc3C2=O)c1. The van der Waals surface area contributed by atoms with Crippen LogP contribution in [-0.2, 0) is 0 Å². The van der Waals surface area contributed by atoms with Crippen LogP contribution in [-0.4, -0.2) is 33.9 Å². The number of fused-ring (bicyclic) bond motifs is 1. The van der Waals surface area contributed by atoms with Gasteiger partial charge >= 0.3 is 0 Å². The van der Waals surface area contributed by atoms with Gasteiger partial charge in [0.1, 0.15) is 0 Å². The molecule has 1 aliphatic heterocycles. The molecule has 0 atom stereocenters. The van der Waals surface area contributed by atoms with Crippen molar-refractivity contribution in [1.82, 2.24) is 4.90 Å². The average Bonchev–Trinajstić information content (AvgIpc) is 2.87. The third kappa shape index (κ3) is 3.71. The Balaban J connectivity index is 1.47. The molecule has 2 aromatic rings. The summed E-state index contributed by atoms with van der Waals surface area (Å²) in [6.45, 7) is 0.421. The Hall–Kier alpha value is -2.67. The Morgan fingerprint density at radius 3 is 2.28 bits per heavy atom. The van der Waals surface area contributed by atoms with Crippen molar-refractivity contribution in [3.05, 3.63) is 64.6 Å². The first-order chi connectivity index (χ1) is 12.1. The first kappa shape index (κ1) is 17.2. The highest BCUT2D eigenvalue weighted by molar-refractivity contribution is 7.99. The molecular formula is C18H18N3O3S+. The lowest BCUT2D eigenvalue weighted by atomic mass is 10.1. The van der Waals surface area contributed by atoms with Crippen LogP contribution in [0.3, 0.4) is 0 Å². The summed E-state index contributed by atoms with van der Waals surface area (Å²) in [5, 5.41) is 0. The number of hydrogen-bond donors (Lipinski definition) is 1. The van der Waals surface area contributed by atoms with Crippen LogP contribution in [0.25, 0.3) is 0 Å². The molecule has 0 saturated heterocycles. The molecule has 128 valence electrons. The van der Waals surface area contributed by atoms with E-state index in [-0.39, 0.29) is 11.8 Å². The van der Waals surface area contributed by atoms with Gasteiger partial charge in [0.2, 0.25) is 0 Å². The summed E-state index contributed by atoms with van der Waals surface area (Å²) in [5.74, 6) is 5.60. The number of hydrogen-bond acceptors (Lipinski definition) is 4. The summed E-state index contributed by atoms with van der Waals surface area (Å²) in [7, 11) is 0. The van der Waals surface area contributed by atoms with Gasteiger partial charge in [0.15, 0.2) is 4.87 Å². The number of benzene rings is 2. The van der Waals surface area contributed by atoms with Crippen molar-refractivity contribution in [3.63, 3.8) is 0 Å². The second-order valence-electron chi connectivity index (χ2n) is 5.69. The van der Waals surface area contributed by atoms with E-state index in [0.29, 0.717) is 28.2 Å². The topological polar surface area (TPSA) is 83.5 Å². The minimum absolute atomic E-state index is 0.209. The molecule has 25 heavy (non-hydrogen) atoms. The summed E-state index contributed by atoms with van der Waals surface area (Å²) < 4.78 is 0. The number of amides is 2. The smallest absolute Gasteiger partial charge is 0.274 e. The van der Waals surface area contributed by atoms with Crippen LogP contribution in [0.4, 0.5) is 5.69 Å². The summed E-state index contributed by atoms with van der Waals surface area (Å²) in [6.07, 6.45) is 1.59. The van der Waals surface area contributed by atoms with Gasteiger partial charge in [-0.3, -0.25) is 14.5 Å². The van der Waals surface area contributed by atoms with E-state index in [0.717, 1.165) is 23.5 Å². The predicted octanol–water partition coefficient (Wildman–Crippen LogP) is 3.14.